The van der Waals surface area contributed by atoms with Gasteiger partial charge in [-0.05, 0) is 24.6 Å². The number of thiophene rings is 1. The highest BCUT2D eigenvalue weighted by Gasteiger charge is 1.96. The Bertz CT molecular complexity index is 272. The molecule has 0 aliphatic carbocycles. The fourth-order valence-corrected chi connectivity index (χ4v) is 2.45. The third-order valence-corrected chi connectivity index (χ3v) is 3.46. The molecule has 0 aliphatic heterocycles. The summed E-state index contributed by atoms with van der Waals surface area (Å²) in [5.41, 5.74) is 1.40. The van der Waals surface area contributed by atoms with Gasteiger partial charge in [-0.25, -0.2) is 0 Å². The molecule has 0 nitrogen and oxygen atoms in total. The van der Waals surface area contributed by atoms with E-state index in [4.69, 9.17) is 11.6 Å². The zero-order valence-corrected chi connectivity index (χ0v) is 9.97. The molecule has 1 heterocycles. The van der Waals surface area contributed by atoms with E-state index in [9.17, 15) is 0 Å². The Hall–Kier alpha value is 0.210. The van der Waals surface area contributed by atoms with Crippen molar-refractivity contribution in [3.8, 4) is 0 Å². The molecule has 0 bridgehead atoms. The van der Waals surface area contributed by atoms with Crippen molar-refractivity contribution in [2.75, 3.05) is 5.33 Å². The van der Waals surface area contributed by atoms with Gasteiger partial charge in [-0.15, -0.1) is 11.3 Å². The van der Waals surface area contributed by atoms with E-state index < -0.39 is 0 Å². The highest BCUT2D eigenvalue weighted by atomic mass is 79.9. The Kier molecular flexibility index (Phi) is 4.33. The second-order valence-electron chi connectivity index (χ2n) is 2.43. The quantitative estimate of drug-likeness (QED) is 0.701. The van der Waals surface area contributed by atoms with E-state index in [1.165, 1.54) is 10.5 Å². The second kappa shape index (κ2) is 5.05. The molecular formula is C9H10BrClS. The first-order valence-corrected chi connectivity index (χ1v) is 6.08. The van der Waals surface area contributed by atoms with Crippen molar-refractivity contribution in [1.82, 2.24) is 0 Å². The van der Waals surface area contributed by atoms with Gasteiger partial charge >= 0.3 is 0 Å². The van der Waals surface area contributed by atoms with Gasteiger partial charge in [0.15, 0.2) is 0 Å². The van der Waals surface area contributed by atoms with Gasteiger partial charge in [0.1, 0.15) is 0 Å². The normalized spacial score (nSPS) is 12.1. The van der Waals surface area contributed by atoms with Gasteiger partial charge < -0.3 is 0 Å². The van der Waals surface area contributed by atoms with E-state index >= 15 is 0 Å². The molecule has 1 aromatic rings. The average molecular weight is 266 g/mol. The van der Waals surface area contributed by atoms with Crippen LogP contribution in [-0.2, 0) is 0 Å². The van der Waals surface area contributed by atoms with E-state index in [1.807, 2.05) is 12.1 Å². The topological polar surface area (TPSA) is 0 Å². The second-order valence-corrected chi connectivity index (χ2v) is 4.74. The molecule has 12 heavy (non-hydrogen) atoms. The van der Waals surface area contributed by atoms with Crippen molar-refractivity contribution in [2.24, 2.45) is 0 Å². The van der Waals surface area contributed by atoms with Crippen LogP contribution in [-0.4, -0.2) is 5.33 Å². The van der Waals surface area contributed by atoms with Crippen LogP contribution in [0.1, 0.15) is 18.2 Å². The fraction of sp³-hybridized carbons (Fsp3) is 0.333. The lowest BCUT2D eigenvalue weighted by Crippen LogP contribution is -1.79. The van der Waals surface area contributed by atoms with Crippen LogP contribution in [0.3, 0.4) is 0 Å². The SMILES string of the molecule is CCC(=Cc1ccc(Cl)s1)CBr. The molecule has 0 unspecified atom stereocenters. The Labute approximate surface area is 90.4 Å². The maximum absolute atomic E-state index is 5.81. The van der Waals surface area contributed by atoms with Crippen LogP contribution < -0.4 is 0 Å². The van der Waals surface area contributed by atoms with E-state index in [0.29, 0.717) is 0 Å². The van der Waals surface area contributed by atoms with Gasteiger partial charge in [0.2, 0.25) is 0 Å². The summed E-state index contributed by atoms with van der Waals surface area (Å²) in [7, 11) is 0. The Balaban J connectivity index is 2.78. The van der Waals surface area contributed by atoms with Crippen LogP contribution in [0.5, 0.6) is 0 Å². The predicted octanol–water partition coefficient (Wildman–Crippen LogP) is 4.59. The summed E-state index contributed by atoms with van der Waals surface area (Å²) >= 11 is 10.9. The molecule has 66 valence electrons. The summed E-state index contributed by atoms with van der Waals surface area (Å²) in [6.45, 7) is 2.16. The van der Waals surface area contributed by atoms with Crippen LogP contribution in [0.2, 0.25) is 4.34 Å². The molecule has 0 aromatic carbocycles. The predicted molar refractivity (Wildman–Crippen MR) is 61.4 cm³/mol. The van der Waals surface area contributed by atoms with Gasteiger partial charge in [0.05, 0.1) is 4.34 Å². The van der Waals surface area contributed by atoms with Gasteiger partial charge in [0.25, 0.3) is 0 Å². The first-order chi connectivity index (χ1) is 5.76. The lowest BCUT2D eigenvalue weighted by molar-refractivity contribution is 1.13. The molecule has 0 atom stereocenters. The summed E-state index contributed by atoms with van der Waals surface area (Å²) in [4.78, 5) is 1.23. The number of hydrogen-bond acceptors (Lipinski definition) is 1. The van der Waals surface area contributed by atoms with Crippen LogP contribution in [0.4, 0.5) is 0 Å². The standard InChI is InChI=1S/C9H10BrClS/c1-2-7(6-10)5-8-3-4-9(11)12-8/h3-5H,2,6H2,1H3. The number of rotatable bonds is 3. The summed E-state index contributed by atoms with van der Waals surface area (Å²) in [6.07, 6.45) is 3.27. The van der Waals surface area contributed by atoms with E-state index in [1.54, 1.807) is 11.3 Å². The molecule has 1 aromatic heterocycles. The summed E-state index contributed by atoms with van der Waals surface area (Å²) in [5.74, 6) is 0. The first kappa shape index (κ1) is 10.3. The van der Waals surface area contributed by atoms with Gasteiger partial charge in [-0.3, -0.25) is 0 Å². The molecule has 0 spiro atoms. The van der Waals surface area contributed by atoms with Crippen molar-refractivity contribution in [2.45, 2.75) is 13.3 Å². The van der Waals surface area contributed by atoms with Crippen LogP contribution >= 0.6 is 38.9 Å². The van der Waals surface area contributed by atoms with Gasteiger partial charge in [-0.2, -0.15) is 0 Å². The number of allylic oxidation sites excluding steroid dienone is 1. The Morgan fingerprint density at radius 1 is 1.67 bits per heavy atom. The number of alkyl halides is 1. The summed E-state index contributed by atoms with van der Waals surface area (Å²) < 4.78 is 0.853. The number of halogens is 2. The molecule has 0 amide bonds. The van der Waals surface area contributed by atoms with Gasteiger partial charge in [0, 0.05) is 10.2 Å². The lowest BCUT2D eigenvalue weighted by atomic mass is 10.2. The minimum absolute atomic E-state index is 0.853. The molecule has 1 rings (SSSR count). The highest BCUT2D eigenvalue weighted by molar-refractivity contribution is 9.09. The van der Waals surface area contributed by atoms with E-state index in [-0.39, 0.29) is 0 Å². The Morgan fingerprint density at radius 3 is 2.83 bits per heavy atom. The largest absolute Gasteiger partial charge is 0.124 e. The van der Waals surface area contributed by atoms with E-state index in [0.717, 1.165) is 16.1 Å². The minimum atomic E-state index is 0.853. The molecule has 0 radical (unpaired) electrons. The molecular weight excluding hydrogens is 256 g/mol. The molecule has 0 saturated carbocycles. The van der Waals surface area contributed by atoms with Crippen molar-refractivity contribution in [3.05, 3.63) is 26.9 Å². The summed E-state index contributed by atoms with van der Waals surface area (Å²) in [5, 5.41) is 0.943. The third kappa shape index (κ3) is 2.92. The molecule has 0 N–H and O–H groups in total. The maximum Gasteiger partial charge on any atom is 0.0934 e. The summed E-state index contributed by atoms with van der Waals surface area (Å²) in [6, 6.07) is 3.98. The van der Waals surface area contributed by atoms with Crippen molar-refractivity contribution < 1.29 is 0 Å². The van der Waals surface area contributed by atoms with Crippen molar-refractivity contribution in [3.63, 3.8) is 0 Å². The van der Waals surface area contributed by atoms with Crippen LogP contribution in [0, 0.1) is 0 Å². The zero-order chi connectivity index (χ0) is 8.97. The molecule has 0 saturated heterocycles. The number of hydrogen-bond donors (Lipinski definition) is 0. The monoisotopic (exact) mass is 264 g/mol. The fourth-order valence-electron chi connectivity index (χ4n) is 0.842. The Morgan fingerprint density at radius 2 is 2.42 bits per heavy atom. The minimum Gasteiger partial charge on any atom is -0.124 e. The average Bonchev–Trinajstić information content (AvgIpc) is 2.47. The highest BCUT2D eigenvalue weighted by Crippen LogP contribution is 2.24. The van der Waals surface area contributed by atoms with Crippen molar-refractivity contribution in [1.29, 1.82) is 0 Å². The molecule has 0 aliphatic rings. The first-order valence-electron chi connectivity index (χ1n) is 3.77. The lowest BCUT2D eigenvalue weighted by Gasteiger charge is -1.95. The molecule has 0 fully saturated rings. The molecule has 3 heteroatoms. The third-order valence-electron chi connectivity index (χ3n) is 1.57. The maximum atomic E-state index is 5.81. The van der Waals surface area contributed by atoms with Gasteiger partial charge in [-0.1, -0.05) is 40.0 Å². The van der Waals surface area contributed by atoms with Crippen LogP contribution in [0.15, 0.2) is 17.7 Å². The van der Waals surface area contributed by atoms with Crippen LogP contribution in [0.25, 0.3) is 6.08 Å². The zero-order valence-electron chi connectivity index (χ0n) is 6.81. The van der Waals surface area contributed by atoms with Crippen molar-refractivity contribution >= 4 is 44.9 Å². The smallest absolute Gasteiger partial charge is 0.0934 e. The van der Waals surface area contributed by atoms with E-state index in [2.05, 4.69) is 28.9 Å².